The summed E-state index contributed by atoms with van der Waals surface area (Å²) in [6.45, 7) is 4.84. The lowest BCUT2D eigenvalue weighted by Gasteiger charge is -2.25. The Balaban J connectivity index is 1.41. The van der Waals surface area contributed by atoms with Gasteiger partial charge < -0.3 is 4.57 Å². The van der Waals surface area contributed by atoms with Crippen molar-refractivity contribution < 1.29 is 0 Å². The number of para-hydroxylation sites is 1. The van der Waals surface area contributed by atoms with Crippen molar-refractivity contribution in [3.05, 3.63) is 163 Å². The monoisotopic (exact) mass is 561 g/mol. The van der Waals surface area contributed by atoms with Crippen LogP contribution < -0.4 is 0 Å². The summed E-state index contributed by atoms with van der Waals surface area (Å²) in [5.41, 5.74) is 13.9. The Labute approximate surface area is 257 Å². The second-order valence-electron chi connectivity index (χ2n) is 12.6. The molecule has 44 heavy (non-hydrogen) atoms. The van der Waals surface area contributed by atoms with E-state index in [0.29, 0.717) is 0 Å². The van der Waals surface area contributed by atoms with Crippen molar-refractivity contribution in [3.63, 3.8) is 0 Å². The van der Waals surface area contributed by atoms with E-state index in [0.717, 1.165) is 0 Å². The van der Waals surface area contributed by atoms with Crippen LogP contribution in [0.25, 0.3) is 71.6 Å². The predicted octanol–water partition coefficient (Wildman–Crippen LogP) is 11.6. The van der Waals surface area contributed by atoms with Gasteiger partial charge in [0.25, 0.3) is 0 Å². The first kappa shape index (κ1) is 25.1. The van der Waals surface area contributed by atoms with Crippen LogP contribution >= 0.6 is 0 Å². The van der Waals surface area contributed by atoms with Crippen LogP contribution in [-0.4, -0.2) is 4.57 Å². The molecule has 1 nitrogen and oxygen atoms in total. The highest BCUT2D eigenvalue weighted by Crippen LogP contribution is 2.55. The molecule has 0 bridgehead atoms. The minimum absolute atomic E-state index is 0.184. The molecule has 0 unspecified atom stereocenters. The van der Waals surface area contributed by atoms with Crippen molar-refractivity contribution in [2.24, 2.45) is 0 Å². The average molecular weight is 562 g/mol. The summed E-state index contributed by atoms with van der Waals surface area (Å²) in [6.07, 6.45) is 0. The zero-order valence-electron chi connectivity index (χ0n) is 24.9. The zero-order valence-corrected chi connectivity index (χ0v) is 24.9. The second kappa shape index (κ2) is 9.30. The molecule has 0 atom stereocenters. The van der Waals surface area contributed by atoms with E-state index in [1.807, 2.05) is 0 Å². The predicted molar refractivity (Wildman–Crippen MR) is 187 cm³/mol. The molecule has 1 aliphatic carbocycles. The number of rotatable bonds is 3. The van der Waals surface area contributed by atoms with E-state index in [4.69, 9.17) is 0 Å². The summed E-state index contributed by atoms with van der Waals surface area (Å²) in [6, 6.07) is 55.7. The van der Waals surface area contributed by atoms with Gasteiger partial charge in [-0.3, -0.25) is 0 Å². The highest BCUT2D eigenvalue weighted by atomic mass is 15.0. The van der Waals surface area contributed by atoms with E-state index in [2.05, 4.69) is 170 Å². The fourth-order valence-corrected chi connectivity index (χ4v) is 7.81. The molecule has 0 aliphatic heterocycles. The van der Waals surface area contributed by atoms with Crippen molar-refractivity contribution >= 4 is 32.6 Å². The van der Waals surface area contributed by atoms with Gasteiger partial charge in [0.2, 0.25) is 0 Å². The lowest BCUT2D eigenvalue weighted by atomic mass is 9.79. The van der Waals surface area contributed by atoms with Crippen molar-refractivity contribution in [3.8, 4) is 39.1 Å². The maximum atomic E-state index is 2.54. The van der Waals surface area contributed by atoms with E-state index in [9.17, 15) is 0 Å². The molecule has 0 fully saturated rings. The lowest BCUT2D eigenvalue weighted by molar-refractivity contribution is 0.670. The summed E-state index contributed by atoms with van der Waals surface area (Å²) in [5, 5.41) is 5.23. The summed E-state index contributed by atoms with van der Waals surface area (Å²) in [7, 11) is 0. The first-order valence-corrected chi connectivity index (χ1v) is 15.5. The van der Waals surface area contributed by atoms with Gasteiger partial charge in [0.05, 0.1) is 11.0 Å². The molecule has 0 N–H and O–H groups in total. The highest BCUT2D eigenvalue weighted by Gasteiger charge is 2.39. The van der Waals surface area contributed by atoms with E-state index < -0.39 is 0 Å². The van der Waals surface area contributed by atoms with Gasteiger partial charge in [-0.05, 0) is 79.5 Å². The van der Waals surface area contributed by atoms with Crippen molar-refractivity contribution in [1.82, 2.24) is 4.57 Å². The molecule has 1 aliphatic rings. The number of benzene rings is 7. The van der Waals surface area contributed by atoms with Crippen molar-refractivity contribution in [1.29, 1.82) is 0 Å². The van der Waals surface area contributed by atoms with Gasteiger partial charge in [-0.15, -0.1) is 0 Å². The molecule has 208 valence electrons. The first-order chi connectivity index (χ1) is 21.6. The Hall–Kier alpha value is -5.40. The third-order valence-corrected chi connectivity index (χ3v) is 9.70. The van der Waals surface area contributed by atoms with Gasteiger partial charge in [0.15, 0.2) is 0 Å². The summed E-state index contributed by atoms with van der Waals surface area (Å²) >= 11 is 0. The van der Waals surface area contributed by atoms with Crippen LogP contribution in [0.3, 0.4) is 0 Å². The van der Waals surface area contributed by atoms with Crippen LogP contribution in [0.15, 0.2) is 152 Å². The summed E-state index contributed by atoms with van der Waals surface area (Å²) in [4.78, 5) is 0. The zero-order chi connectivity index (χ0) is 29.4. The largest absolute Gasteiger partial charge is 0.309 e. The normalized spacial score (nSPS) is 13.4. The number of fused-ring (bicyclic) bond motifs is 9. The van der Waals surface area contributed by atoms with Crippen LogP contribution in [-0.2, 0) is 5.41 Å². The van der Waals surface area contributed by atoms with Gasteiger partial charge >= 0.3 is 0 Å². The van der Waals surface area contributed by atoms with Crippen molar-refractivity contribution in [2.75, 3.05) is 0 Å². The Morgan fingerprint density at radius 2 is 1.00 bits per heavy atom. The van der Waals surface area contributed by atoms with Gasteiger partial charge in [-0.25, -0.2) is 0 Å². The van der Waals surface area contributed by atoms with Crippen LogP contribution in [0.5, 0.6) is 0 Å². The minimum Gasteiger partial charge on any atom is -0.309 e. The quantitative estimate of drug-likeness (QED) is 0.202. The molecule has 8 aromatic rings. The molecular formula is C43H31N. The maximum absolute atomic E-state index is 2.54. The van der Waals surface area contributed by atoms with Gasteiger partial charge in [-0.1, -0.05) is 141 Å². The highest BCUT2D eigenvalue weighted by molar-refractivity contribution is 6.14. The SMILES string of the molecule is CC1(C)c2c(ccc3ccccc23)-c2ccc3c4ccccc4n(-c4cc(-c5ccccc5)cc(-c5ccccc5)c4)c3c21. The number of hydrogen-bond donors (Lipinski definition) is 0. The molecule has 0 amide bonds. The Morgan fingerprint density at radius 3 is 1.70 bits per heavy atom. The number of hydrogen-bond acceptors (Lipinski definition) is 0. The summed E-state index contributed by atoms with van der Waals surface area (Å²) < 4.78 is 2.54. The van der Waals surface area contributed by atoms with Crippen LogP contribution in [0.1, 0.15) is 25.0 Å². The van der Waals surface area contributed by atoms with Crippen molar-refractivity contribution in [2.45, 2.75) is 19.3 Å². The molecular weight excluding hydrogens is 530 g/mol. The molecule has 1 heterocycles. The van der Waals surface area contributed by atoms with Gasteiger partial charge in [0, 0.05) is 21.9 Å². The Bertz CT molecular complexity index is 2330. The third-order valence-electron chi connectivity index (χ3n) is 9.70. The fraction of sp³-hybridized carbons (Fsp3) is 0.0698. The second-order valence-corrected chi connectivity index (χ2v) is 12.6. The van der Waals surface area contributed by atoms with Gasteiger partial charge in [0.1, 0.15) is 0 Å². The molecule has 1 aromatic heterocycles. The molecule has 7 aromatic carbocycles. The average Bonchev–Trinajstić information content (AvgIpc) is 3.54. The van der Waals surface area contributed by atoms with E-state index in [1.54, 1.807) is 0 Å². The van der Waals surface area contributed by atoms with Crippen LogP contribution in [0.2, 0.25) is 0 Å². The standard InChI is InChI=1S/C43H31N/c1-43(2)40-34-18-10-9-17-30(34)21-22-36(40)37-23-24-38-35-19-11-12-20-39(35)44(42(38)41(37)43)33-26-31(28-13-5-3-6-14-28)25-32(27-33)29-15-7-4-8-16-29/h3-27H,1-2H3. The van der Waals surface area contributed by atoms with E-state index >= 15 is 0 Å². The summed E-state index contributed by atoms with van der Waals surface area (Å²) in [5.74, 6) is 0. The Kier molecular flexibility index (Phi) is 5.31. The molecule has 1 heteroatoms. The lowest BCUT2D eigenvalue weighted by Crippen LogP contribution is -2.17. The topological polar surface area (TPSA) is 4.93 Å². The molecule has 0 spiro atoms. The number of nitrogens with zero attached hydrogens (tertiary/aromatic N) is 1. The molecule has 0 saturated carbocycles. The molecule has 0 saturated heterocycles. The third kappa shape index (κ3) is 3.53. The van der Waals surface area contributed by atoms with Crippen LogP contribution in [0, 0.1) is 0 Å². The number of aromatic nitrogens is 1. The Morgan fingerprint density at radius 1 is 0.432 bits per heavy atom. The smallest absolute Gasteiger partial charge is 0.0588 e. The minimum atomic E-state index is -0.184. The maximum Gasteiger partial charge on any atom is 0.0588 e. The van der Waals surface area contributed by atoms with Crippen LogP contribution in [0.4, 0.5) is 0 Å². The molecule has 9 rings (SSSR count). The fourth-order valence-electron chi connectivity index (χ4n) is 7.81. The molecule has 0 radical (unpaired) electrons. The van der Waals surface area contributed by atoms with Gasteiger partial charge in [-0.2, -0.15) is 0 Å². The first-order valence-electron chi connectivity index (χ1n) is 15.5. The van der Waals surface area contributed by atoms with E-state index in [1.165, 1.54) is 82.8 Å². The van der Waals surface area contributed by atoms with E-state index in [-0.39, 0.29) is 5.41 Å².